The van der Waals surface area contributed by atoms with Crippen LogP contribution in [0.1, 0.15) is 31.3 Å². The lowest BCUT2D eigenvalue weighted by Crippen LogP contribution is -2.39. The highest BCUT2D eigenvalue weighted by molar-refractivity contribution is 5.82. The molecule has 4 aromatic rings. The number of aryl methyl sites for hydroxylation is 1. The standard InChI is InChI=1S/C21H21N5O3/c1-2-19-23-25(21(28)17-11-18-16(26(17)19)8-10-29-18)13-20(27)24(15-6-7-15)12-14-5-3-4-9-22-14/h3-5,8-11,15H,2,6-7,12-13H2,1H3. The van der Waals surface area contributed by atoms with Crippen LogP contribution in [0.5, 0.6) is 0 Å². The van der Waals surface area contributed by atoms with E-state index in [4.69, 9.17) is 4.42 Å². The summed E-state index contributed by atoms with van der Waals surface area (Å²) >= 11 is 0. The Labute approximate surface area is 166 Å². The Kier molecular flexibility index (Phi) is 4.19. The van der Waals surface area contributed by atoms with Crippen molar-refractivity contribution in [3.8, 4) is 0 Å². The van der Waals surface area contributed by atoms with Gasteiger partial charge < -0.3 is 9.32 Å². The molecule has 5 rings (SSSR count). The van der Waals surface area contributed by atoms with Crippen molar-refractivity contribution in [2.45, 2.75) is 45.3 Å². The maximum atomic E-state index is 13.1. The van der Waals surface area contributed by atoms with Crippen LogP contribution in [0.25, 0.3) is 16.6 Å². The molecule has 0 radical (unpaired) electrons. The molecule has 4 aromatic heterocycles. The second-order valence-electron chi connectivity index (χ2n) is 7.34. The van der Waals surface area contributed by atoms with Gasteiger partial charge in [0.2, 0.25) is 5.91 Å². The van der Waals surface area contributed by atoms with Crippen LogP contribution in [-0.2, 0) is 24.3 Å². The summed E-state index contributed by atoms with van der Waals surface area (Å²) in [6, 6.07) is 9.42. The summed E-state index contributed by atoms with van der Waals surface area (Å²) in [6.45, 7) is 2.33. The topological polar surface area (TPSA) is 85.6 Å². The summed E-state index contributed by atoms with van der Waals surface area (Å²) in [5.74, 6) is 0.598. The zero-order valence-corrected chi connectivity index (χ0v) is 16.1. The molecular formula is C21H21N5O3. The van der Waals surface area contributed by atoms with Gasteiger partial charge in [0.1, 0.15) is 17.9 Å². The fourth-order valence-corrected chi connectivity index (χ4v) is 3.75. The van der Waals surface area contributed by atoms with Gasteiger partial charge in [0, 0.05) is 30.8 Å². The van der Waals surface area contributed by atoms with Crippen molar-refractivity contribution in [2.24, 2.45) is 0 Å². The average Bonchev–Trinajstić information content (AvgIpc) is 3.36. The third-order valence-corrected chi connectivity index (χ3v) is 5.34. The molecular weight excluding hydrogens is 370 g/mol. The minimum absolute atomic E-state index is 0.0851. The third-order valence-electron chi connectivity index (χ3n) is 5.34. The molecule has 0 aliphatic heterocycles. The molecule has 1 amide bonds. The SMILES string of the molecule is CCc1nn(CC(=O)N(Cc2ccccn2)C2CC2)c(=O)c2cc3occc3n12. The van der Waals surface area contributed by atoms with E-state index in [0.29, 0.717) is 29.9 Å². The first-order chi connectivity index (χ1) is 14.2. The minimum Gasteiger partial charge on any atom is -0.463 e. The van der Waals surface area contributed by atoms with Crippen molar-refractivity contribution in [3.63, 3.8) is 0 Å². The Hall–Kier alpha value is -3.42. The van der Waals surface area contributed by atoms with Gasteiger partial charge in [0.05, 0.1) is 24.0 Å². The second kappa shape index (κ2) is 6.88. The Morgan fingerprint density at radius 3 is 2.86 bits per heavy atom. The Morgan fingerprint density at radius 1 is 1.28 bits per heavy atom. The van der Waals surface area contributed by atoms with Crippen LogP contribution in [0.4, 0.5) is 0 Å². The summed E-state index contributed by atoms with van der Waals surface area (Å²) in [7, 11) is 0. The summed E-state index contributed by atoms with van der Waals surface area (Å²) in [4.78, 5) is 32.2. The number of nitrogens with zero attached hydrogens (tertiary/aromatic N) is 5. The van der Waals surface area contributed by atoms with E-state index in [0.717, 1.165) is 24.1 Å². The van der Waals surface area contributed by atoms with Crippen LogP contribution in [0, 0.1) is 0 Å². The Balaban J connectivity index is 1.49. The molecule has 29 heavy (non-hydrogen) atoms. The number of carbonyl (C=O) groups excluding carboxylic acids is 1. The van der Waals surface area contributed by atoms with Crippen molar-refractivity contribution in [1.29, 1.82) is 0 Å². The summed E-state index contributed by atoms with van der Waals surface area (Å²) < 4.78 is 8.54. The number of hydrogen-bond donors (Lipinski definition) is 0. The number of aromatic nitrogens is 4. The molecule has 8 nitrogen and oxygen atoms in total. The minimum atomic E-state index is -0.296. The highest BCUT2D eigenvalue weighted by Gasteiger charge is 2.33. The molecule has 1 saturated carbocycles. The summed E-state index contributed by atoms with van der Waals surface area (Å²) in [5, 5.41) is 4.49. The van der Waals surface area contributed by atoms with E-state index in [1.165, 1.54) is 4.68 Å². The molecule has 0 saturated heterocycles. The van der Waals surface area contributed by atoms with Gasteiger partial charge in [-0.1, -0.05) is 13.0 Å². The van der Waals surface area contributed by atoms with E-state index >= 15 is 0 Å². The second-order valence-corrected chi connectivity index (χ2v) is 7.34. The van der Waals surface area contributed by atoms with E-state index in [-0.39, 0.29) is 24.1 Å². The monoisotopic (exact) mass is 391 g/mol. The molecule has 0 unspecified atom stereocenters. The number of pyridine rings is 1. The van der Waals surface area contributed by atoms with Gasteiger partial charge in [0.15, 0.2) is 5.58 Å². The van der Waals surface area contributed by atoms with Crippen molar-refractivity contribution in [2.75, 3.05) is 0 Å². The van der Waals surface area contributed by atoms with E-state index in [1.807, 2.05) is 40.5 Å². The first-order valence-corrected chi connectivity index (χ1v) is 9.83. The quantitative estimate of drug-likeness (QED) is 0.504. The molecule has 1 fully saturated rings. The molecule has 1 aliphatic rings. The van der Waals surface area contributed by atoms with E-state index in [9.17, 15) is 9.59 Å². The first kappa shape index (κ1) is 17.7. The predicted molar refractivity (Wildman–Crippen MR) is 106 cm³/mol. The molecule has 0 bridgehead atoms. The van der Waals surface area contributed by atoms with Crippen LogP contribution >= 0.6 is 0 Å². The predicted octanol–water partition coefficient (Wildman–Crippen LogP) is 2.39. The largest absolute Gasteiger partial charge is 0.463 e. The maximum Gasteiger partial charge on any atom is 0.291 e. The van der Waals surface area contributed by atoms with Crippen molar-refractivity contribution in [1.82, 2.24) is 24.1 Å². The van der Waals surface area contributed by atoms with Gasteiger partial charge in [-0.05, 0) is 25.0 Å². The lowest BCUT2D eigenvalue weighted by molar-refractivity contribution is -0.133. The number of fused-ring (bicyclic) bond motifs is 3. The van der Waals surface area contributed by atoms with Gasteiger partial charge in [-0.15, -0.1) is 0 Å². The lowest BCUT2D eigenvalue weighted by atomic mass is 10.3. The fourth-order valence-electron chi connectivity index (χ4n) is 3.75. The molecule has 0 N–H and O–H groups in total. The average molecular weight is 391 g/mol. The zero-order valence-electron chi connectivity index (χ0n) is 16.1. The molecule has 0 aromatic carbocycles. The van der Waals surface area contributed by atoms with Crippen LogP contribution in [0.2, 0.25) is 0 Å². The zero-order chi connectivity index (χ0) is 20.0. The number of carbonyl (C=O) groups is 1. The molecule has 4 heterocycles. The van der Waals surface area contributed by atoms with Gasteiger partial charge in [-0.2, -0.15) is 5.10 Å². The molecule has 8 heteroatoms. The Bertz CT molecular complexity index is 1250. The first-order valence-electron chi connectivity index (χ1n) is 9.83. The smallest absolute Gasteiger partial charge is 0.291 e. The highest BCUT2D eigenvalue weighted by Crippen LogP contribution is 2.28. The van der Waals surface area contributed by atoms with Gasteiger partial charge in [-0.25, -0.2) is 4.68 Å². The number of amides is 1. The summed E-state index contributed by atoms with van der Waals surface area (Å²) in [6.07, 6.45) is 5.90. The van der Waals surface area contributed by atoms with Gasteiger partial charge >= 0.3 is 0 Å². The van der Waals surface area contributed by atoms with Gasteiger partial charge in [0.25, 0.3) is 5.56 Å². The summed E-state index contributed by atoms with van der Waals surface area (Å²) in [5.41, 5.74) is 2.47. The lowest BCUT2D eigenvalue weighted by Gasteiger charge is -2.22. The van der Waals surface area contributed by atoms with E-state index in [1.54, 1.807) is 18.5 Å². The van der Waals surface area contributed by atoms with Crippen molar-refractivity contribution in [3.05, 3.63) is 64.7 Å². The van der Waals surface area contributed by atoms with E-state index < -0.39 is 0 Å². The highest BCUT2D eigenvalue weighted by atomic mass is 16.3. The molecule has 1 aliphatic carbocycles. The maximum absolute atomic E-state index is 13.1. The third kappa shape index (κ3) is 3.10. The number of furan rings is 1. The normalized spacial score (nSPS) is 14.0. The number of rotatable bonds is 6. The Morgan fingerprint density at radius 2 is 2.14 bits per heavy atom. The van der Waals surface area contributed by atoms with Gasteiger partial charge in [-0.3, -0.25) is 19.0 Å². The molecule has 0 spiro atoms. The van der Waals surface area contributed by atoms with Crippen LogP contribution in [-0.4, -0.2) is 36.0 Å². The van der Waals surface area contributed by atoms with Crippen molar-refractivity contribution < 1.29 is 9.21 Å². The molecule has 148 valence electrons. The van der Waals surface area contributed by atoms with E-state index in [2.05, 4.69) is 10.1 Å². The van der Waals surface area contributed by atoms with Crippen LogP contribution < -0.4 is 5.56 Å². The number of hydrogen-bond acceptors (Lipinski definition) is 5. The fraction of sp³-hybridized carbons (Fsp3) is 0.333. The van der Waals surface area contributed by atoms with Crippen LogP contribution in [0.15, 0.2) is 52.0 Å². The molecule has 0 atom stereocenters. The van der Waals surface area contributed by atoms with Crippen molar-refractivity contribution >= 4 is 22.5 Å². The van der Waals surface area contributed by atoms with Crippen LogP contribution in [0.3, 0.4) is 0 Å².